The first-order valence-corrected chi connectivity index (χ1v) is 6.05. The SMILES string of the molecule is CNCCc1csc(-c2ccccc2)c1. The average molecular weight is 217 g/mol. The predicted molar refractivity (Wildman–Crippen MR) is 67.4 cm³/mol. The monoisotopic (exact) mass is 217 g/mol. The van der Waals surface area contributed by atoms with Crippen molar-refractivity contribution >= 4 is 11.3 Å². The third kappa shape index (κ3) is 2.67. The molecular formula is C13H15NS. The van der Waals surface area contributed by atoms with Gasteiger partial charge in [0, 0.05) is 4.88 Å². The van der Waals surface area contributed by atoms with Crippen LogP contribution < -0.4 is 5.32 Å². The van der Waals surface area contributed by atoms with Gasteiger partial charge in [-0.1, -0.05) is 30.3 Å². The zero-order valence-electron chi connectivity index (χ0n) is 8.86. The lowest BCUT2D eigenvalue weighted by Gasteiger charge is -1.96. The van der Waals surface area contributed by atoms with Gasteiger partial charge in [0.15, 0.2) is 0 Å². The van der Waals surface area contributed by atoms with Crippen molar-refractivity contribution in [2.75, 3.05) is 13.6 Å². The molecule has 2 aromatic rings. The Balaban J connectivity index is 2.14. The highest BCUT2D eigenvalue weighted by molar-refractivity contribution is 7.13. The van der Waals surface area contributed by atoms with E-state index < -0.39 is 0 Å². The van der Waals surface area contributed by atoms with Crippen LogP contribution in [-0.2, 0) is 6.42 Å². The van der Waals surface area contributed by atoms with E-state index in [4.69, 9.17) is 0 Å². The van der Waals surface area contributed by atoms with E-state index in [1.54, 1.807) is 0 Å². The molecule has 0 aliphatic carbocycles. The predicted octanol–water partition coefficient (Wildman–Crippen LogP) is 3.18. The summed E-state index contributed by atoms with van der Waals surface area (Å²) in [6, 6.07) is 12.8. The zero-order valence-corrected chi connectivity index (χ0v) is 9.68. The van der Waals surface area contributed by atoms with Crippen LogP contribution in [0.2, 0.25) is 0 Å². The molecule has 1 aromatic carbocycles. The second-order valence-electron chi connectivity index (χ2n) is 3.54. The molecule has 1 N–H and O–H groups in total. The largest absolute Gasteiger partial charge is 0.319 e. The van der Waals surface area contributed by atoms with Crippen LogP contribution >= 0.6 is 11.3 Å². The van der Waals surface area contributed by atoms with Crippen LogP contribution in [0.1, 0.15) is 5.56 Å². The number of benzene rings is 1. The summed E-state index contributed by atoms with van der Waals surface area (Å²) in [5.41, 5.74) is 2.74. The van der Waals surface area contributed by atoms with Gasteiger partial charge in [0.05, 0.1) is 0 Å². The fraction of sp³-hybridized carbons (Fsp3) is 0.231. The van der Waals surface area contributed by atoms with Crippen molar-refractivity contribution in [3.8, 4) is 10.4 Å². The average Bonchev–Trinajstić information content (AvgIpc) is 2.76. The van der Waals surface area contributed by atoms with Crippen LogP contribution in [0.4, 0.5) is 0 Å². The first-order valence-electron chi connectivity index (χ1n) is 5.17. The first kappa shape index (κ1) is 10.4. The lowest BCUT2D eigenvalue weighted by atomic mass is 10.1. The third-order valence-electron chi connectivity index (χ3n) is 2.38. The van der Waals surface area contributed by atoms with E-state index in [2.05, 4.69) is 47.1 Å². The molecule has 2 rings (SSSR count). The van der Waals surface area contributed by atoms with Gasteiger partial charge in [0.25, 0.3) is 0 Å². The standard InChI is InChI=1S/C13H15NS/c1-14-8-7-11-9-13(15-10-11)12-5-3-2-4-6-12/h2-6,9-10,14H,7-8H2,1H3. The molecule has 1 aromatic heterocycles. The molecular weight excluding hydrogens is 202 g/mol. The maximum absolute atomic E-state index is 3.17. The quantitative estimate of drug-likeness (QED) is 0.829. The number of likely N-dealkylation sites (N-methyl/N-ethyl adjacent to an activating group) is 1. The normalized spacial score (nSPS) is 10.5. The summed E-state index contributed by atoms with van der Waals surface area (Å²) in [4.78, 5) is 1.36. The minimum atomic E-state index is 1.05. The second kappa shape index (κ2) is 5.10. The highest BCUT2D eigenvalue weighted by atomic mass is 32.1. The zero-order chi connectivity index (χ0) is 10.5. The van der Waals surface area contributed by atoms with Crippen LogP contribution in [0.5, 0.6) is 0 Å². The second-order valence-corrected chi connectivity index (χ2v) is 4.45. The number of hydrogen-bond donors (Lipinski definition) is 1. The highest BCUT2D eigenvalue weighted by Crippen LogP contribution is 2.26. The van der Waals surface area contributed by atoms with Crippen molar-refractivity contribution in [3.63, 3.8) is 0 Å². The Hall–Kier alpha value is -1.12. The molecule has 78 valence electrons. The van der Waals surface area contributed by atoms with Gasteiger partial charge in [0.1, 0.15) is 0 Å². The molecule has 0 atom stereocenters. The summed E-state index contributed by atoms with van der Waals surface area (Å²) < 4.78 is 0. The van der Waals surface area contributed by atoms with E-state index in [-0.39, 0.29) is 0 Å². The van der Waals surface area contributed by atoms with Gasteiger partial charge in [-0.3, -0.25) is 0 Å². The summed E-state index contributed by atoms with van der Waals surface area (Å²) in [5, 5.41) is 5.42. The van der Waals surface area contributed by atoms with E-state index in [1.165, 1.54) is 16.0 Å². The molecule has 0 amide bonds. The van der Waals surface area contributed by atoms with Gasteiger partial charge in [-0.05, 0) is 42.6 Å². The van der Waals surface area contributed by atoms with Crippen LogP contribution in [0.3, 0.4) is 0 Å². The van der Waals surface area contributed by atoms with Gasteiger partial charge in [-0.15, -0.1) is 11.3 Å². The molecule has 1 nitrogen and oxygen atoms in total. The van der Waals surface area contributed by atoms with E-state index in [0.29, 0.717) is 0 Å². The van der Waals surface area contributed by atoms with Crippen molar-refractivity contribution in [1.29, 1.82) is 0 Å². The first-order chi connectivity index (χ1) is 7.40. The van der Waals surface area contributed by atoms with Gasteiger partial charge in [-0.25, -0.2) is 0 Å². The van der Waals surface area contributed by atoms with E-state index in [0.717, 1.165) is 13.0 Å². The molecule has 15 heavy (non-hydrogen) atoms. The Morgan fingerprint density at radius 3 is 2.73 bits per heavy atom. The minimum Gasteiger partial charge on any atom is -0.319 e. The highest BCUT2D eigenvalue weighted by Gasteiger charge is 2.01. The Morgan fingerprint density at radius 1 is 1.20 bits per heavy atom. The number of rotatable bonds is 4. The molecule has 0 saturated carbocycles. The van der Waals surface area contributed by atoms with Crippen molar-refractivity contribution in [1.82, 2.24) is 5.32 Å². The fourth-order valence-electron chi connectivity index (χ4n) is 1.53. The molecule has 2 heteroatoms. The minimum absolute atomic E-state index is 1.05. The van der Waals surface area contributed by atoms with Crippen molar-refractivity contribution in [2.45, 2.75) is 6.42 Å². The van der Waals surface area contributed by atoms with Crippen molar-refractivity contribution < 1.29 is 0 Å². The lowest BCUT2D eigenvalue weighted by molar-refractivity contribution is 0.793. The smallest absolute Gasteiger partial charge is 0.0345 e. The summed E-state index contributed by atoms with van der Waals surface area (Å²) in [5.74, 6) is 0. The molecule has 0 spiro atoms. The summed E-state index contributed by atoms with van der Waals surface area (Å²) in [6.45, 7) is 1.05. The van der Waals surface area contributed by atoms with E-state index in [9.17, 15) is 0 Å². The molecule has 0 radical (unpaired) electrons. The van der Waals surface area contributed by atoms with Gasteiger partial charge < -0.3 is 5.32 Å². The number of thiophene rings is 1. The number of hydrogen-bond acceptors (Lipinski definition) is 2. The molecule has 0 unspecified atom stereocenters. The molecule has 0 aliphatic rings. The third-order valence-corrected chi connectivity index (χ3v) is 3.40. The lowest BCUT2D eigenvalue weighted by Crippen LogP contribution is -2.09. The Labute approximate surface area is 94.8 Å². The Kier molecular flexibility index (Phi) is 3.54. The fourth-order valence-corrected chi connectivity index (χ4v) is 2.49. The Bertz CT molecular complexity index is 405. The van der Waals surface area contributed by atoms with Crippen LogP contribution in [0.25, 0.3) is 10.4 Å². The summed E-state index contributed by atoms with van der Waals surface area (Å²) in [7, 11) is 1.99. The van der Waals surface area contributed by atoms with Crippen LogP contribution in [-0.4, -0.2) is 13.6 Å². The van der Waals surface area contributed by atoms with Gasteiger partial charge >= 0.3 is 0 Å². The van der Waals surface area contributed by atoms with Crippen LogP contribution in [0, 0.1) is 0 Å². The van der Waals surface area contributed by atoms with E-state index in [1.807, 2.05) is 18.4 Å². The van der Waals surface area contributed by atoms with Crippen molar-refractivity contribution in [3.05, 3.63) is 47.3 Å². The van der Waals surface area contributed by atoms with Crippen molar-refractivity contribution in [2.24, 2.45) is 0 Å². The van der Waals surface area contributed by atoms with Crippen LogP contribution in [0.15, 0.2) is 41.8 Å². The maximum Gasteiger partial charge on any atom is 0.0345 e. The van der Waals surface area contributed by atoms with Gasteiger partial charge in [-0.2, -0.15) is 0 Å². The molecule has 0 bridgehead atoms. The summed E-state index contributed by atoms with van der Waals surface area (Å²) >= 11 is 1.83. The topological polar surface area (TPSA) is 12.0 Å². The molecule has 0 aliphatic heterocycles. The Morgan fingerprint density at radius 2 is 2.00 bits per heavy atom. The molecule has 0 fully saturated rings. The maximum atomic E-state index is 3.17. The molecule has 1 heterocycles. The van der Waals surface area contributed by atoms with Gasteiger partial charge in [0.2, 0.25) is 0 Å². The number of nitrogens with one attached hydrogen (secondary N) is 1. The summed E-state index contributed by atoms with van der Waals surface area (Å²) in [6.07, 6.45) is 1.11. The molecule has 0 saturated heterocycles. The van der Waals surface area contributed by atoms with E-state index >= 15 is 0 Å².